The number of carbonyl (C=O) groups excluding carboxylic acids is 1. The van der Waals surface area contributed by atoms with Gasteiger partial charge in [0.25, 0.3) is 0 Å². The van der Waals surface area contributed by atoms with Crippen molar-refractivity contribution in [1.82, 2.24) is 5.32 Å². The quantitative estimate of drug-likeness (QED) is 0.823. The van der Waals surface area contributed by atoms with Crippen LogP contribution in [-0.2, 0) is 4.79 Å². The van der Waals surface area contributed by atoms with Crippen LogP contribution < -0.4 is 11.1 Å². The van der Waals surface area contributed by atoms with Crippen molar-refractivity contribution in [1.29, 1.82) is 0 Å². The normalized spacial score (nSPS) is 34.8. The molecule has 2 unspecified atom stereocenters. The summed E-state index contributed by atoms with van der Waals surface area (Å²) in [6.07, 6.45) is 13.4. The second-order valence-corrected chi connectivity index (χ2v) is 7.09. The van der Waals surface area contributed by atoms with Crippen molar-refractivity contribution in [2.45, 2.75) is 82.2 Å². The molecule has 0 bridgehead atoms. The first-order chi connectivity index (χ1) is 9.19. The van der Waals surface area contributed by atoms with E-state index < -0.39 is 5.54 Å². The molecule has 3 rings (SSSR count). The van der Waals surface area contributed by atoms with Gasteiger partial charge in [-0.1, -0.05) is 51.4 Å². The Balaban J connectivity index is 1.48. The fraction of sp³-hybridized carbons (Fsp3) is 0.938. The van der Waals surface area contributed by atoms with Gasteiger partial charge in [-0.2, -0.15) is 0 Å². The maximum Gasteiger partial charge on any atom is 0.240 e. The molecular weight excluding hydrogens is 236 g/mol. The van der Waals surface area contributed by atoms with Crippen molar-refractivity contribution in [2.75, 3.05) is 0 Å². The zero-order chi connectivity index (χ0) is 13.3. The van der Waals surface area contributed by atoms with Crippen LogP contribution in [0.1, 0.15) is 70.6 Å². The maximum atomic E-state index is 12.4. The predicted octanol–water partition coefficient (Wildman–Crippen LogP) is 2.73. The molecule has 2 atom stereocenters. The Morgan fingerprint density at radius 1 is 1.00 bits per heavy atom. The van der Waals surface area contributed by atoms with Crippen LogP contribution in [0.5, 0.6) is 0 Å². The number of hydrogen-bond acceptors (Lipinski definition) is 2. The highest BCUT2D eigenvalue weighted by Gasteiger charge is 2.46. The van der Waals surface area contributed by atoms with Crippen LogP contribution in [0.25, 0.3) is 0 Å². The lowest BCUT2D eigenvalue weighted by molar-refractivity contribution is -0.127. The van der Waals surface area contributed by atoms with E-state index in [9.17, 15) is 4.79 Å². The number of carbonyl (C=O) groups is 1. The first-order valence-corrected chi connectivity index (χ1v) is 8.29. The van der Waals surface area contributed by atoms with E-state index in [1.54, 1.807) is 0 Å². The number of hydrogen-bond donors (Lipinski definition) is 2. The molecule has 1 amide bonds. The molecule has 0 spiro atoms. The van der Waals surface area contributed by atoms with Gasteiger partial charge in [0.05, 0.1) is 5.54 Å². The molecule has 0 radical (unpaired) electrons. The van der Waals surface area contributed by atoms with Crippen molar-refractivity contribution in [3.05, 3.63) is 0 Å². The molecule has 3 heteroatoms. The minimum atomic E-state index is -0.558. The average Bonchev–Trinajstić information content (AvgIpc) is 3.20. The summed E-state index contributed by atoms with van der Waals surface area (Å²) in [5.74, 6) is 1.77. The van der Waals surface area contributed by atoms with Crippen LogP contribution in [0.4, 0.5) is 0 Å². The van der Waals surface area contributed by atoms with Crippen molar-refractivity contribution in [3.8, 4) is 0 Å². The van der Waals surface area contributed by atoms with Gasteiger partial charge in [0.1, 0.15) is 0 Å². The van der Waals surface area contributed by atoms with Gasteiger partial charge in [-0.05, 0) is 31.1 Å². The Bertz CT molecular complexity index is 330. The average molecular weight is 264 g/mol. The van der Waals surface area contributed by atoms with E-state index in [1.807, 2.05) is 0 Å². The van der Waals surface area contributed by atoms with Crippen LogP contribution in [0, 0.1) is 11.8 Å². The fourth-order valence-corrected chi connectivity index (χ4v) is 4.19. The fourth-order valence-electron chi connectivity index (χ4n) is 4.19. The van der Waals surface area contributed by atoms with Crippen LogP contribution >= 0.6 is 0 Å². The topological polar surface area (TPSA) is 55.1 Å². The Kier molecular flexibility index (Phi) is 3.84. The van der Waals surface area contributed by atoms with E-state index in [-0.39, 0.29) is 5.91 Å². The lowest BCUT2D eigenvalue weighted by Gasteiger charge is -2.32. The molecule has 3 N–H and O–H groups in total. The summed E-state index contributed by atoms with van der Waals surface area (Å²) < 4.78 is 0. The number of amides is 1. The van der Waals surface area contributed by atoms with E-state index in [4.69, 9.17) is 5.73 Å². The Morgan fingerprint density at radius 3 is 2.32 bits per heavy atom. The summed E-state index contributed by atoms with van der Waals surface area (Å²) in [5.41, 5.74) is 5.73. The summed E-state index contributed by atoms with van der Waals surface area (Å²) in [7, 11) is 0. The highest BCUT2D eigenvalue weighted by atomic mass is 16.2. The molecule has 3 aliphatic carbocycles. The Hall–Kier alpha value is -0.570. The summed E-state index contributed by atoms with van der Waals surface area (Å²) in [4.78, 5) is 12.4. The number of nitrogens with two attached hydrogens (primary N) is 1. The molecule has 0 saturated heterocycles. The largest absolute Gasteiger partial charge is 0.351 e. The van der Waals surface area contributed by atoms with Gasteiger partial charge in [-0.25, -0.2) is 0 Å². The van der Waals surface area contributed by atoms with Gasteiger partial charge in [0, 0.05) is 6.04 Å². The van der Waals surface area contributed by atoms with E-state index in [2.05, 4.69) is 5.32 Å². The summed E-state index contributed by atoms with van der Waals surface area (Å²) in [6, 6.07) is 0.443. The highest BCUT2D eigenvalue weighted by molar-refractivity contribution is 5.86. The SMILES string of the molecule is NC1(C(=O)NC2CC2C2CCCCC2)CCCCC1. The van der Waals surface area contributed by atoms with Gasteiger partial charge in [0.2, 0.25) is 5.91 Å². The van der Waals surface area contributed by atoms with Gasteiger partial charge >= 0.3 is 0 Å². The highest BCUT2D eigenvalue weighted by Crippen LogP contribution is 2.44. The molecule has 0 aliphatic heterocycles. The molecule has 108 valence electrons. The zero-order valence-corrected chi connectivity index (χ0v) is 12.0. The van der Waals surface area contributed by atoms with Crippen LogP contribution in [0.15, 0.2) is 0 Å². The van der Waals surface area contributed by atoms with Crippen molar-refractivity contribution >= 4 is 5.91 Å². The minimum absolute atomic E-state index is 0.135. The lowest BCUT2D eigenvalue weighted by Crippen LogP contribution is -2.55. The molecule has 3 fully saturated rings. The Morgan fingerprint density at radius 2 is 1.63 bits per heavy atom. The third kappa shape index (κ3) is 2.96. The second-order valence-electron chi connectivity index (χ2n) is 7.09. The molecule has 19 heavy (non-hydrogen) atoms. The molecule has 0 heterocycles. The van der Waals surface area contributed by atoms with Gasteiger partial charge in [-0.15, -0.1) is 0 Å². The predicted molar refractivity (Wildman–Crippen MR) is 76.6 cm³/mol. The van der Waals surface area contributed by atoms with Crippen molar-refractivity contribution < 1.29 is 4.79 Å². The van der Waals surface area contributed by atoms with Crippen LogP contribution in [0.2, 0.25) is 0 Å². The van der Waals surface area contributed by atoms with E-state index in [0.29, 0.717) is 6.04 Å². The third-order valence-electron chi connectivity index (χ3n) is 5.61. The monoisotopic (exact) mass is 264 g/mol. The van der Waals surface area contributed by atoms with E-state index in [1.165, 1.54) is 44.9 Å². The molecule has 0 aromatic rings. The summed E-state index contributed by atoms with van der Waals surface area (Å²) in [6.45, 7) is 0. The molecule has 3 nitrogen and oxygen atoms in total. The lowest BCUT2D eigenvalue weighted by atomic mass is 9.81. The molecule has 0 aromatic carbocycles. The van der Waals surface area contributed by atoms with Gasteiger partial charge in [-0.3, -0.25) is 4.79 Å². The van der Waals surface area contributed by atoms with Gasteiger partial charge in [0.15, 0.2) is 0 Å². The van der Waals surface area contributed by atoms with Crippen LogP contribution in [-0.4, -0.2) is 17.5 Å². The molecule has 3 aliphatic rings. The van der Waals surface area contributed by atoms with Crippen molar-refractivity contribution in [2.24, 2.45) is 17.6 Å². The summed E-state index contributed by atoms with van der Waals surface area (Å²) in [5, 5.41) is 3.25. The van der Waals surface area contributed by atoms with Crippen molar-refractivity contribution in [3.63, 3.8) is 0 Å². The number of rotatable bonds is 3. The zero-order valence-electron chi connectivity index (χ0n) is 12.0. The maximum absolute atomic E-state index is 12.4. The second kappa shape index (κ2) is 5.43. The van der Waals surface area contributed by atoms with E-state index in [0.717, 1.165) is 37.5 Å². The van der Waals surface area contributed by atoms with Crippen LogP contribution in [0.3, 0.4) is 0 Å². The minimum Gasteiger partial charge on any atom is -0.351 e. The Labute approximate surface area is 116 Å². The first-order valence-electron chi connectivity index (χ1n) is 8.29. The molecule has 0 aromatic heterocycles. The summed E-state index contributed by atoms with van der Waals surface area (Å²) >= 11 is 0. The van der Waals surface area contributed by atoms with Gasteiger partial charge < -0.3 is 11.1 Å². The molecule has 3 saturated carbocycles. The smallest absolute Gasteiger partial charge is 0.240 e. The van der Waals surface area contributed by atoms with E-state index >= 15 is 0 Å². The third-order valence-corrected chi connectivity index (χ3v) is 5.61. The molecular formula is C16H28N2O. The standard InChI is InChI=1S/C16H28N2O/c17-16(9-5-2-6-10-16)15(19)18-14-11-13(14)12-7-3-1-4-8-12/h12-14H,1-11,17H2,(H,18,19). The first kappa shape index (κ1) is 13.4. The number of nitrogens with one attached hydrogen (secondary N) is 1.